The molecule has 1 atom stereocenters. The molecule has 1 aromatic carbocycles. The lowest BCUT2D eigenvalue weighted by Crippen LogP contribution is -2.09. The zero-order valence-electron chi connectivity index (χ0n) is 9.12. The molecule has 1 aliphatic carbocycles. The number of hydrogen-bond donors (Lipinski definition) is 0. The zero-order valence-corrected chi connectivity index (χ0v) is 9.93. The van der Waals surface area contributed by atoms with Crippen LogP contribution in [0.4, 0.5) is 0 Å². The maximum Gasteiger partial charge on any atom is 0.123 e. The first-order valence-electron chi connectivity index (χ1n) is 5.67. The molecule has 0 saturated heterocycles. The van der Waals surface area contributed by atoms with Crippen LogP contribution in [-0.2, 0) is 6.42 Å². The standard InChI is InChI=1S/C14H12OS/c1-8-2-3-11-13-10(7-15-11)6-9-4-5-16-14(9)12(8)13/h2-5,10H,6-7H2,1H3. The van der Waals surface area contributed by atoms with Gasteiger partial charge in [0.25, 0.3) is 0 Å². The van der Waals surface area contributed by atoms with Gasteiger partial charge in [0.15, 0.2) is 0 Å². The molecule has 2 heterocycles. The van der Waals surface area contributed by atoms with E-state index in [0.29, 0.717) is 5.92 Å². The summed E-state index contributed by atoms with van der Waals surface area (Å²) in [6.45, 7) is 3.07. The molecule has 2 heteroatoms. The summed E-state index contributed by atoms with van der Waals surface area (Å²) in [6.07, 6.45) is 1.16. The fourth-order valence-electron chi connectivity index (χ4n) is 2.96. The van der Waals surface area contributed by atoms with Crippen LogP contribution in [0.2, 0.25) is 0 Å². The van der Waals surface area contributed by atoms with E-state index in [0.717, 1.165) is 18.8 Å². The average molecular weight is 228 g/mol. The van der Waals surface area contributed by atoms with Gasteiger partial charge < -0.3 is 4.74 Å². The van der Waals surface area contributed by atoms with Gasteiger partial charge in [-0.05, 0) is 42.0 Å². The second-order valence-corrected chi connectivity index (χ2v) is 5.57. The number of thiophene rings is 1. The third kappa shape index (κ3) is 0.957. The highest BCUT2D eigenvalue weighted by atomic mass is 32.1. The average Bonchev–Trinajstić information content (AvgIpc) is 2.89. The monoisotopic (exact) mass is 228 g/mol. The molecule has 1 nitrogen and oxygen atoms in total. The number of rotatable bonds is 0. The Labute approximate surface area is 98.7 Å². The van der Waals surface area contributed by atoms with E-state index in [1.807, 2.05) is 11.3 Å². The van der Waals surface area contributed by atoms with Gasteiger partial charge in [0.2, 0.25) is 0 Å². The van der Waals surface area contributed by atoms with Crippen molar-refractivity contribution in [3.63, 3.8) is 0 Å². The second kappa shape index (κ2) is 2.89. The van der Waals surface area contributed by atoms with Gasteiger partial charge in [0, 0.05) is 21.9 Å². The summed E-state index contributed by atoms with van der Waals surface area (Å²) in [4.78, 5) is 1.47. The molecule has 1 aromatic heterocycles. The van der Waals surface area contributed by atoms with Crippen LogP contribution < -0.4 is 4.74 Å². The van der Waals surface area contributed by atoms with Crippen molar-refractivity contribution in [2.75, 3.05) is 6.61 Å². The summed E-state index contributed by atoms with van der Waals surface area (Å²) in [6, 6.07) is 6.59. The number of ether oxygens (including phenoxy) is 1. The highest BCUT2D eigenvalue weighted by Crippen LogP contribution is 2.50. The second-order valence-electron chi connectivity index (χ2n) is 4.66. The SMILES string of the molecule is Cc1ccc2c3c1-c1sccc1CC3CO2. The summed E-state index contributed by atoms with van der Waals surface area (Å²) >= 11 is 1.87. The van der Waals surface area contributed by atoms with E-state index < -0.39 is 0 Å². The van der Waals surface area contributed by atoms with Gasteiger partial charge in [0.05, 0.1) is 6.61 Å². The summed E-state index contributed by atoms with van der Waals surface area (Å²) in [5, 5.41) is 2.21. The number of hydrogen-bond acceptors (Lipinski definition) is 2. The molecule has 0 amide bonds. The number of aryl methyl sites for hydroxylation is 1. The molecule has 0 radical (unpaired) electrons. The third-order valence-electron chi connectivity index (χ3n) is 3.70. The van der Waals surface area contributed by atoms with E-state index in [9.17, 15) is 0 Å². The smallest absolute Gasteiger partial charge is 0.123 e. The molecule has 16 heavy (non-hydrogen) atoms. The minimum Gasteiger partial charge on any atom is -0.493 e. The highest BCUT2D eigenvalue weighted by molar-refractivity contribution is 7.13. The van der Waals surface area contributed by atoms with Crippen LogP contribution >= 0.6 is 11.3 Å². The van der Waals surface area contributed by atoms with E-state index in [1.165, 1.54) is 27.1 Å². The lowest BCUT2D eigenvalue weighted by Gasteiger charge is -2.21. The van der Waals surface area contributed by atoms with Gasteiger partial charge in [-0.3, -0.25) is 0 Å². The molecule has 0 saturated carbocycles. The van der Waals surface area contributed by atoms with Crippen LogP contribution in [0.15, 0.2) is 23.6 Å². The Bertz CT molecular complexity index is 582. The topological polar surface area (TPSA) is 9.23 Å². The Hall–Kier alpha value is -1.28. The zero-order chi connectivity index (χ0) is 10.7. The predicted octanol–water partition coefficient (Wildman–Crippen LogP) is 3.76. The predicted molar refractivity (Wildman–Crippen MR) is 66.4 cm³/mol. The summed E-state index contributed by atoms with van der Waals surface area (Å²) in [7, 11) is 0. The summed E-state index contributed by atoms with van der Waals surface area (Å²) in [5.74, 6) is 1.71. The summed E-state index contributed by atoms with van der Waals surface area (Å²) < 4.78 is 5.78. The first kappa shape index (κ1) is 8.82. The minimum atomic E-state index is 0.590. The van der Waals surface area contributed by atoms with Crippen LogP contribution in [0, 0.1) is 6.92 Å². The fraction of sp³-hybridized carbons (Fsp3) is 0.286. The van der Waals surface area contributed by atoms with Crippen LogP contribution in [0.1, 0.15) is 22.6 Å². The maximum atomic E-state index is 5.78. The van der Waals surface area contributed by atoms with Crippen LogP contribution in [0.5, 0.6) is 5.75 Å². The Morgan fingerprint density at radius 2 is 2.25 bits per heavy atom. The maximum absolute atomic E-state index is 5.78. The molecular formula is C14H12OS. The van der Waals surface area contributed by atoms with Crippen molar-refractivity contribution < 1.29 is 4.74 Å². The van der Waals surface area contributed by atoms with Gasteiger partial charge in [0.1, 0.15) is 5.75 Å². The van der Waals surface area contributed by atoms with E-state index in [1.54, 1.807) is 0 Å². The van der Waals surface area contributed by atoms with Crippen molar-refractivity contribution >= 4 is 11.3 Å². The first-order valence-corrected chi connectivity index (χ1v) is 6.55. The van der Waals surface area contributed by atoms with E-state index in [-0.39, 0.29) is 0 Å². The molecule has 0 N–H and O–H groups in total. The van der Waals surface area contributed by atoms with Gasteiger partial charge in [-0.25, -0.2) is 0 Å². The molecular weight excluding hydrogens is 216 g/mol. The quantitative estimate of drug-likeness (QED) is 0.667. The Morgan fingerprint density at radius 3 is 3.19 bits per heavy atom. The molecule has 0 fully saturated rings. The van der Waals surface area contributed by atoms with Crippen molar-refractivity contribution in [3.8, 4) is 16.2 Å². The molecule has 0 bridgehead atoms. The van der Waals surface area contributed by atoms with Crippen molar-refractivity contribution in [2.45, 2.75) is 19.3 Å². The number of benzene rings is 1. The van der Waals surface area contributed by atoms with Crippen LogP contribution in [0.25, 0.3) is 10.4 Å². The van der Waals surface area contributed by atoms with Crippen molar-refractivity contribution in [1.29, 1.82) is 0 Å². The van der Waals surface area contributed by atoms with Crippen LogP contribution in [-0.4, -0.2) is 6.61 Å². The molecule has 2 aromatic rings. The molecule has 2 aliphatic rings. The molecule has 4 rings (SSSR count). The lowest BCUT2D eigenvalue weighted by molar-refractivity contribution is 0.330. The highest BCUT2D eigenvalue weighted by Gasteiger charge is 2.34. The molecule has 80 valence electrons. The fourth-order valence-corrected chi connectivity index (χ4v) is 4.02. The minimum absolute atomic E-state index is 0.590. The normalized spacial score (nSPS) is 20.2. The Balaban J connectivity index is 2.12. The first-order chi connectivity index (χ1) is 7.84. The van der Waals surface area contributed by atoms with Gasteiger partial charge in [-0.15, -0.1) is 11.3 Å². The largest absolute Gasteiger partial charge is 0.493 e. The Kier molecular flexibility index (Phi) is 1.59. The number of fused-ring (bicyclic) bond motifs is 2. The molecule has 0 spiro atoms. The lowest BCUT2D eigenvalue weighted by atomic mass is 9.82. The van der Waals surface area contributed by atoms with Gasteiger partial charge in [-0.1, -0.05) is 6.07 Å². The van der Waals surface area contributed by atoms with E-state index >= 15 is 0 Å². The van der Waals surface area contributed by atoms with Crippen LogP contribution in [0.3, 0.4) is 0 Å². The molecule has 1 aliphatic heterocycles. The van der Waals surface area contributed by atoms with Gasteiger partial charge >= 0.3 is 0 Å². The van der Waals surface area contributed by atoms with Crippen molar-refractivity contribution in [2.24, 2.45) is 0 Å². The Morgan fingerprint density at radius 1 is 1.31 bits per heavy atom. The summed E-state index contributed by atoms with van der Waals surface area (Å²) in [5.41, 5.74) is 5.82. The van der Waals surface area contributed by atoms with Crippen molar-refractivity contribution in [3.05, 3.63) is 40.3 Å². The molecule has 1 unspecified atom stereocenters. The van der Waals surface area contributed by atoms with E-state index in [4.69, 9.17) is 4.74 Å². The third-order valence-corrected chi connectivity index (χ3v) is 4.68. The van der Waals surface area contributed by atoms with Gasteiger partial charge in [-0.2, -0.15) is 0 Å². The van der Waals surface area contributed by atoms with Crippen molar-refractivity contribution in [1.82, 2.24) is 0 Å². The van der Waals surface area contributed by atoms with E-state index in [2.05, 4.69) is 30.5 Å².